The maximum atomic E-state index is 10.9. The first-order valence-electron chi connectivity index (χ1n) is 3.88. The Morgan fingerprint density at radius 1 is 1.29 bits per heavy atom. The SMILES string of the molecule is COC(=O)C(C)OC(=O)COC(C)=O. The zero-order valence-electron chi connectivity index (χ0n) is 8.23. The van der Waals surface area contributed by atoms with E-state index in [-0.39, 0.29) is 0 Å². The summed E-state index contributed by atoms with van der Waals surface area (Å²) in [4.78, 5) is 32.0. The van der Waals surface area contributed by atoms with E-state index in [1.807, 2.05) is 0 Å². The van der Waals surface area contributed by atoms with Gasteiger partial charge in [-0.05, 0) is 6.92 Å². The van der Waals surface area contributed by atoms with Crippen LogP contribution < -0.4 is 0 Å². The normalized spacial score (nSPS) is 11.4. The van der Waals surface area contributed by atoms with Crippen molar-refractivity contribution in [1.82, 2.24) is 0 Å². The lowest BCUT2D eigenvalue weighted by Gasteiger charge is -2.10. The molecular formula is C8H12O6. The van der Waals surface area contributed by atoms with Crippen molar-refractivity contribution in [1.29, 1.82) is 0 Å². The van der Waals surface area contributed by atoms with E-state index in [0.29, 0.717) is 0 Å². The van der Waals surface area contributed by atoms with Gasteiger partial charge in [-0.1, -0.05) is 0 Å². The molecule has 0 aromatic carbocycles. The molecule has 0 aromatic rings. The minimum atomic E-state index is -0.997. The van der Waals surface area contributed by atoms with Crippen molar-refractivity contribution in [2.75, 3.05) is 13.7 Å². The summed E-state index contributed by atoms with van der Waals surface area (Å²) >= 11 is 0. The molecular weight excluding hydrogens is 192 g/mol. The fraction of sp³-hybridized carbons (Fsp3) is 0.625. The summed E-state index contributed by atoms with van der Waals surface area (Å²) in [5.41, 5.74) is 0. The molecule has 0 aliphatic carbocycles. The van der Waals surface area contributed by atoms with E-state index in [2.05, 4.69) is 14.2 Å². The van der Waals surface area contributed by atoms with Crippen LogP contribution >= 0.6 is 0 Å². The Labute approximate surface area is 81.1 Å². The Balaban J connectivity index is 3.82. The van der Waals surface area contributed by atoms with Gasteiger partial charge in [-0.25, -0.2) is 9.59 Å². The molecule has 0 saturated carbocycles. The number of methoxy groups -OCH3 is 1. The highest BCUT2D eigenvalue weighted by Gasteiger charge is 2.18. The summed E-state index contributed by atoms with van der Waals surface area (Å²) in [7, 11) is 1.18. The Kier molecular flexibility index (Phi) is 5.28. The number of rotatable bonds is 4. The van der Waals surface area contributed by atoms with Gasteiger partial charge in [0.2, 0.25) is 0 Å². The summed E-state index contributed by atoms with van der Waals surface area (Å²) < 4.78 is 13.2. The van der Waals surface area contributed by atoms with Crippen LogP contribution in [0.2, 0.25) is 0 Å². The quantitative estimate of drug-likeness (QED) is 0.460. The average molecular weight is 204 g/mol. The molecule has 0 aromatic heterocycles. The van der Waals surface area contributed by atoms with Crippen LogP contribution in [0.4, 0.5) is 0 Å². The van der Waals surface area contributed by atoms with Gasteiger partial charge >= 0.3 is 17.9 Å². The molecule has 0 aliphatic heterocycles. The number of hydrogen-bond donors (Lipinski definition) is 0. The van der Waals surface area contributed by atoms with E-state index in [0.717, 1.165) is 6.92 Å². The van der Waals surface area contributed by atoms with E-state index in [1.165, 1.54) is 14.0 Å². The molecule has 0 heterocycles. The fourth-order valence-electron chi connectivity index (χ4n) is 0.606. The Bertz CT molecular complexity index is 234. The highest BCUT2D eigenvalue weighted by Crippen LogP contribution is 1.94. The highest BCUT2D eigenvalue weighted by atomic mass is 16.6. The van der Waals surface area contributed by atoms with E-state index in [4.69, 9.17) is 0 Å². The molecule has 1 unspecified atom stereocenters. The molecule has 0 aliphatic rings. The van der Waals surface area contributed by atoms with Gasteiger partial charge in [0.05, 0.1) is 7.11 Å². The first kappa shape index (κ1) is 12.4. The summed E-state index contributed by atoms with van der Waals surface area (Å²) in [5.74, 6) is -2.05. The molecule has 0 radical (unpaired) electrons. The van der Waals surface area contributed by atoms with Gasteiger partial charge in [0.15, 0.2) is 12.7 Å². The Hall–Kier alpha value is -1.59. The molecule has 0 fully saturated rings. The van der Waals surface area contributed by atoms with Gasteiger partial charge in [-0.2, -0.15) is 0 Å². The Morgan fingerprint density at radius 3 is 2.29 bits per heavy atom. The number of carbonyl (C=O) groups excluding carboxylic acids is 3. The topological polar surface area (TPSA) is 78.9 Å². The van der Waals surface area contributed by atoms with Crippen LogP contribution in [0.15, 0.2) is 0 Å². The van der Waals surface area contributed by atoms with Crippen molar-refractivity contribution in [3.8, 4) is 0 Å². The second kappa shape index (κ2) is 5.95. The molecule has 0 bridgehead atoms. The van der Waals surface area contributed by atoms with Gasteiger partial charge in [-0.3, -0.25) is 4.79 Å². The second-order valence-electron chi connectivity index (χ2n) is 2.44. The minimum absolute atomic E-state index is 0.503. The first-order valence-corrected chi connectivity index (χ1v) is 3.88. The lowest BCUT2D eigenvalue weighted by Crippen LogP contribution is -2.27. The van der Waals surface area contributed by atoms with E-state index < -0.39 is 30.6 Å². The standard InChI is InChI=1S/C8H12O6/c1-5(8(11)12-3)14-7(10)4-13-6(2)9/h5H,4H2,1-3H3. The van der Waals surface area contributed by atoms with Crippen LogP contribution in [0.3, 0.4) is 0 Å². The van der Waals surface area contributed by atoms with Crippen molar-refractivity contribution in [3.63, 3.8) is 0 Å². The minimum Gasteiger partial charge on any atom is -0.466 e. The van der Waals surface area contributed by atoms with Gasteiger partial charge in [0.25, 0.3) is 0 Å². The smallest absolute Gasteiger partial charge is 0.346 e. The number of hydrogen-bond acceptors (Lipinski definition) is 6. The maximum Gasteiger partial charge on any atom is 0.346 e. The van der Waals surface area contributed by atoms with Gasteiger partial charge in [0.1, 0.15) is 0 Å². The molecule has 14 heavy (non-hydrogen) atoms. The van der Waals surface area contributed by atoms with Crippen molar-refractivity contribution < 1.29 is 28.6 Å². The molecule has 6 heteroatoms. The predicted octanol–water partition coefficient (Wildman–Crippen LogP) is -0.346. The zero-order valence-corrected chi connectivity index (χ0v) is 8.23. The van der Waals surface area contributed by atoms with Crippen LogP contribution in [0.5, 0.6) is 0 Å². The lowest BCUT2D eigenvalue weighted by atomic mass is 10.4. The summed E-state index contributed by atoms with van der Waals surface area (Å²) in [5, 5.41) is 0. The third-order valence-electron chi connectivity index (χ3n) is 1.23. The molecule has 80 valence electrons. The average Bonchev–Trinajstić information content (AvgIpc) is 2.13. The van der Waals surface area contributed by atoms with Crippen LogP contribution in [0.25, 0.3) is 0 Å². The van der Waals surface area contributed by atoms with Crippen LogP contribution in [0.1, 0.15) is 13.8 Å². The summed E-state index contributed by atoms with van der Waals surface area (Å²) in [6, 6.07) is 0. The Morgan fingerprint density at radius 2 is 1.86 bits per heavy atom. The van der Waals surface area contributed by atoms with Crippen molar-refractivity contribution in [2.45, 2.75) is 20.0 Å². The molecule has 0 N–H and O–H groups in total. The van der Waals surface area contributed by atoms with Gasteiger partial charge in [-0.15, -0.1) is 0 Å². The number of carbonyl (C=O) groups is 3. The molecule has 1 atom stereocenters. The largest absolute Gasteiger partial charge is 0.466 e. The molecule has 0 saturated heterocycles. The fourth-order valence-corrected chi connectivity index (χ4v) is 0.606. The number of ether oxygens (including phenoxy) is 3. The van der Waals surface area contributed by atoms with E-state index >= 15 is 0 Å². The van der Waals surface area contributed by atoms with Crippen molar-refractivity contribution >= 4 is 17.9 Å². The van der Waals surface area contributed by atoms with Gasteiger partial charge < -0.3 is 14.2 Å². The second-order valence-corrected chi connectivity index (χ2v) is 2.44. The third-order valence-corrected chi connectivity index (χ3v) is 1.23. The van der Waals surface area contributed by atoms with Gasteiger partial charge in [0, 0.05) is 6.92 Å². The zero-order chi connectivity index (χ0) is 11.1. The van der Waals surface area contributed by atoms with Crippen LogP contribution in [0, 0.1) is 0 Å². The van der Waals surface area contributed by atoms with E-state index in [1.54, 1.807) is 0 Å². The molecule has 6 nitrogen and oxygen atoms in total. The lowest BCUT2D eigenvalue weighted by molar-refractivity contribution is -0.169. The molecule has 0 rings (SSSR count). The van der Waals surface area contributed by atoms with Crippen molar-refractivity contribution in [2.24, 2.45) is 0 Å². The maximum absolute atomic E-state index is 10.9. The molecule has 0 spiro atoms. The van der Waals surface area contributed by atoms with Crippen LogP contribution in [-0.2, 0) is 28.6 Å². The first-order chi connectivity index (χ1) is 6.47. The highest BCUT2D eigenvalue weighted by molar-refractivity contribution is 5.80. The third kappa shape index (κ3) is 5.13. The summed E-state index contributed by atoms with van der Waals surface area (Å²) in [6.45, 7) is 2.02. The van der Waals surface area contributed by atoms with Crippen LogP contribution in [-0.4, -0.2) is 37.7 Å². The summed E-state index contributed by atoms with van der Waals surface area (Å²) in [6.07, 6.45) is -0.997. The molecule has 0 amide bonds. The predicted molar refractivity (Wildman–Crippen MR) is 44.2 cm³/mol. The van der Waals surface area contributed by atoms with Crippen molar-refractivity contribution in [3.05, 3.63) is 0 Å². The monoisotopic (exact) mass is 204 g/mol. The van der Waals surface area contributed by atoms with E-state index in [9.17, 15) is 14.4 Å². The number of esters is 3.